The fraction of sp³-hybridized carbons (Fsp3) is 0.647. The maximum Gasteiger partial charge on any atom is 0.0233 e. The maximum atomic E-state index is 2.50. The molecule has 1 aromatic carbocycles. The molecule has 1 aromatic rings. The van der Waals surface area contributed by atoms with E-state index < -0.39 is 0 Å². The van der Waals surface area contributed by atoms with Crippen molar-refractivity contribution in [2.24, 2.45) is 5.92 Å². The summed E-state index contributed by atoms with van der Waals surface area (Å²) >= 11 is 0. The quantitative estimate of drug-likeness (QED) is 0.739. The molecule has 0 heterocycles. The Bertz CT molecular complexity index is 327. The zero-order valence-electron chi connectivity index (χ0n) is 11.9. The van der Waals surface area contributed by atoms with Gasteiger partial charge in [0.1, 0.15) is 0 Å². The molecule has 0 unspecified atom stereocenters. The summed E-state index contributed by atoms with van der Waals surface area (Å²) in [6.07, 6.45) is 8.68. The van der Waals surface area contributed by atoms with Crippen molar-refractivity contribution in [3.05, 3.63) is 35.9 Å². The van der Waals surface area contributed by atoms with E-state index in [9.17, 15) is 0 Å². The third-order valence-electron chi connectivity index (χ3n) is 4.43. The molecule has 0 aliphatic heterocycles. The van der Waals surface area contributed by atoms with E-state index in [2.05, 4.69) is 49.2 Å². The minimum atomic E-state index is 0.702. The zero-order chi connectivity index (χ0) is 12.8. The lowest BCUT2D eigenvalue weighted by atomic mass is 9.85. The van der Waals surface area contributed by atoms with Gasteiger partial charge >= 0.3 is 0 Å². The Morgan fingerprint density at radius 1 is 1.11 bits per heavy atom. The summed E-state index contributed by atoms with van der Waals surface area (Å²) in [6.45, 7) is 3.46. The Kier molecular flexibility index (Phi) is 5.25. The van der Waals surface area contributed by atoms with Crippen LogP contribution in [0.4, 0.5) is 0 Å². The van der Waals surface area contributed by atoms with Gasteiger partial charge in [-0.1, -0.05) is 62.4 Å². The Morgan fingerprint density at radius 2 is 1.78 bits per heavy atom. The highest BCUT2D eigenvalue weighted by Gasteiger charge is 2.18. The number of rotatable bonds is 5. The summed E-state index contributed by atoms with van der Waals surface area (Å²) in [6, 6.07) is 11.5. The van der Waals surface area contributed by atoms with Crippen molar-refractivity contribution in [3.63, 3.8) is 0 Å². The van der Waals surface area contributed by atoms with E-state index in [4.69, 9.17) is 0 Å². The normalized spacial score (nSPS) is 19.1. The van der Waals surface area contributed by atoms with Crippen LogP contribution in [0.25, 0.3) is 0 Å². The smallest absolute Gasteiger partial charge is 0.0233 e. The summed E-state index contributed by atoms with van der Waals surface area (Å²) in [7, 11) is 2.26. The molecule has 0 radical (unpaired) electrons. The predicted octanol–water partition coefficient (Wildman–Crippen LogP) is 4.48. The Morgan fingerprint density at radius 3 is 2.44 bits per heavy atom. The lowest BCUT2D eigenvalue weighted by Crippen LogP contribution is -2.31. The molecule has 0 bridgehead atoms. The Balaban J connectivity index is 1.79. The van der Waals surface area contributed by atoms with Gasteiger partial charge in [-0.05, 0) is 31.9 Å². The van der Waals surface area contributed by atoms with Crippen LogP contribution in [0.2, 0.25) is 0 Å². The van der Waals surface area contributed by atoms with E-state index in [1.54, 1.807) is 0 Å². The first-order valence-electron chi connectivity index (χ1n) is 7.50. The molecule has 1 fully saturated rings. The van der Waals surface area contributed by atoms with Gasteiger partial charge in [0.05, 0.1) is 0 Å². The van der Waals surface area contributed by atoms with Crippen LogP contribution in [0, 0.1) is 5.92 Å². The van der Waals surface area contributed by atoms with Crippen LogP contribution < -0.4 is 0 Å². The lowest BCUT2D eigenvalue weighted by Gasteiger charge is -2.30. The monoisotopic (exact) mass is 245 g/mol. The van der Waals surface area contributed by atoms with Crippen LogP contribution in [0.3, 0.4) is 0 Å². The number of hydrogen-bond donors (Lipinski definition) is 0. The highest BCUT2D eigenvalue weighted by molar-refractivity contribution is 5.14. The van der Waals surface area contributed by atoms with Gasteiger partial charge in [0.15, 0.2) is 0 Å². The zero-order valence-corrected chi connectivity index (χ0v) is 11.9. The minimum Gasteiger partial charge on any atom is -0.299 e. The molecule has 0 spiro atoms. The Labute approximate surface area is 112 Å². The highest BCUT2D eigenvalue weighted by atomic mass is 15.1. The van der Waals surface area contributed by atoms with E-state index in [-0.39, 0.29) is 0 Å². The number of nitrogens with zero attached hydrogens (tertiary/aromatic N) is 1. The second kappa shape index (κ2) is 6.94. The molecule has 1 saturated carbocycles. The van der Waals surface area contributed by atoms with Gasteiger partial charge in [-0.3, -0.25) is 4.90 Å². The molecule has 0 N–H and O–H groups in total. The summed E-state index contributed by atoms with van der Waals surface area (Å²) in [5, 5.41) is 0. The average Bonchev–Trinajstić information content (AvgIpc) is 2.41. The fourth-order valence-corrected chi connectivity index (χ4v) is 3.11. The fourth-order valence-electron chi connectivity index (χ4n) is 3.11. The molecule has 1 atom stereocenters. The van der Waals surface area contributed by atoms with Crippen molar-refractivity contribution in [3.8, 4) is 0 Å². The van der Waals surface area contributed by atoms with Gasteiger partial charge in [-0.2, -0.15) is 0 Å². The van der Waals surface area contributed by atoms with Gasteiger partial charge < -0.3 is 0 Å². The summed E-state index contributed by atoms with van der Waals surface area (Å²) in [4.78, 5) is 2.50. The second-order valence-corrected chi connectivity index (χ2v) is 5.99. The molecule has 1 heteroatoms. The van der Waals surface area contributed by atoms with Crippen molar-refractivity contribution in [2.45, 2.75) is 58.0 Å². The van der Waals surface area contributed by atoms with Crippen LogP contribution in [0.1, 0.15) is 51.0 Å². The standard InChI is InChI=1S/C17H27N/c1-15(13-16-9-5-3-6-10-16)18(2)14-17-11-7-4-8-12-17/h4,7-8,11-12,15-16H,3,5-6,9-10,13-14H2,1-2H3/t15-/m0/s1. The van der Waals surface area contributed by atoms with Gasteiger partial charge in [0.25, 0.3) is 0 Å². The first-order valence-corrected chi connectivity index (χ1v) is 7.50. The Hall–Kier alpha value is -0.820. The first-order chi connectivity index (χ1) is 8.75. The molecule has 1 aliphatic carbocycles. The molecule has 18 heavy (non-hydrogen) atoms. The molecule has 1 aliphatic rings. The predicted molar refractivity (Wildman–Crippen MR) is 78.6 cm³/mol. The van der Waals surface area contributed by atoms with Gasteiger partial charge in [0.2, 0.25) is 0 Å². The minimum absolute atomic E-state index is 0.702. The summed E-state index contributed by atoms with van der Waals surface area (Å²) in [5.74, 6) is 0.979. The van der Waals surface area contributed by atoms with Crippen LogP contribution in [-0.2, 0) is 6.54 Å². The van der Waals surface area contributed by atoms with Crippen LogP contribution in [0.5, 0.6) is 0 Å². The largest absolute Gasteiger partial charge is 0.299 e. The van der Waals surface area contributed by atoms with Crippen molar-refractivity contribution in [2.75, 3.05) is 7.05 Å². The summed E-state index contributed by atoms with van der Waals surface area (Å²) < 4.78 is 0. The van der Waals surface area contributed by atoms with Crippen LogP contribution in [-0.4, -0.2) is 18.0 Å². The van der Waals surface area contributed by atoms with E-state index in [1.807, 2.05) is 0 Å². The van der Waals surface area contributed by atoms with E-state index >= 15 is 0 Å². The van der Waals surface area contributed by atoms with Gasteiger partial charge in [-0.25, -0.2) is 0 Å². The molecule has 100 valence electrons. The van der Waals surface area contributed by atoms with Crippen LogP contribution in [0.15, 0.2) is 30.3 Å². The van der Waals surface area contributed by atoms with Crippen molar-refractivity contribution in [1.82, 2.24) is 4.90 Å². The van der Waals surface area contributed by atoms with E-state index in [0.29, 0.717) is 6.04 Å². The van der Waals surface area contributed by atoms with Gasteiger partial charge in [-0.15, -0.1) is 0 Å². The molecule has 0 amide bonds. The molecule has 0 aromatic heterocycles. The third-order valence-corrected chi connectivity index (χ3v) is 4.43. The number of hydrogen-bond acceptors (Lipinski definition) is 1. The van der Waals surface area contributed by atoms with Crippen molar-refractivity contribution in [1.29, 1.82) is 0 Å². The molecular weight excluding hydrogens is 218 g/mol. The third kappa shape index (κ3) is 4.13. The number of benzene rings is 1. The summed E-state index contributed by atoms with van der Waals surface area (Å²) in [5.41, 5.74) is 1.43. The second-order valence-electron chi connectivity index (χ2n) is 5.99. The SMILES string of the molecule is C[C@@H](CC1CCCCC1)N(C)Cc1ccccc1. The molecule has 0 saturated heterocycles. The van der Waals surface area contributed by atoms with E-state index in [0.717, 1.165) is 12.5 Å². The van der Waals surface area contributed by atoms with Crippen molar-refractivity contribution < 1.29 is 0 Å². The highest BCUT2D eigenvalue weighted by Crippen LogP contribution is 2.28. The molecular formula is C17H27N. The molecule has 2 rings (SSSR count). The van der Waals surface area contributed by atoms with Gasteiger partial charge in [0, 0.05) is 12.6 Å². The van der Waals surface area contributed by atoms with E-state index in [1.165, 1.54) is 44.1 Å². The van der Waals surface area contributed by atoms with Crippen LogP contribution >= 0.6 is 0 Å². The molecule has 1 nitrogen and oxygen atoms in total. The lowest BCUT2D eigenvalue weighted by molar-refractivity contribution is 0.193. The maximum absolute atomic E-state index is 2.50. The van der Waals surface area contributed by atoms with Crippen molar-refractivity contribution >= 4 is 0 Å². The first kappa shape index (κ1) is 13.6. The average molecular weight is 245 g/mol. The topological polar surface area (TPSA) is 3.24 Å².